The molecule has 0 fully saturated rings. The van der Waals surface area contributed by atoms with Crippen LogP contribution in [-0.2, 0) is 0 Å². The summed E-state index contributed by atoms with van der Waals surface area (Å²) in [5.74, 6) is 1.86. The first kappa shape index (κ1) is 13.6. The van der Waals surface area contributed by atoms with Gasteiger partial charge >= 0.3 is 0 Å². The molecule has 0 aromatic rings. The molecule has 0 aromatic heterocycles. The normalized spacial score (nSPS) is 11.7. The molecule has 0 bridgehead atoms. The fourth-order valence-electron chi connectivity index (χ4n) is 1.15. The number of thioether (sulfide) groups is 1. The van der Waals surface area contributed by atoms with Crippen LogP contribution < -0.4 is 11.1 Å². The van der Waals surface area contributed by atoms with E-state index in [4.69, 9.17) is 5.73 Å². The molecule has 0 saturated carbocycles. The molecule has 0 aliphatic carbocycles. The Labute approximate surface area is 91.9 Å². The molecule has 0 aliphatic rings. The maximum Gasteiger partial charge on any atom is 0.188 e. The van der Waals surface area contributed by atoms with Crippen molar-refractivity contribution in [2.75, 3.05) is 25.1 Å². The molecule has 0 amide bonds. The molecule has 0 atom stereocenters. The Hall–Kier alpha value is -0.380. The van der Waals surface area contributed by atoms with Crippen LogP contribution in [0, 0.1) is 0 Å². The molecule has 84 valence electrons. The van der Waals surface area contributed by atoms with E-state index in [9.17, 15) is 0 Å². The smallest absolute Gasteiger partial charge is 0.188 e. The Morgan fingerprint density at radius 2 is 2.00 bits per heavy atom. The van der Waals surface area contributed by atoms with E-state index in [1.807, 2.05) is 18.7 Å². The number of nitrogens with two attached hydrogens (primary N) is 1. The maximum atomic E-state index is 5.58. The molecule has 0 heterocycles. The number of nitrogens with one attached hydrogen (secondary N) is 1. The van der Waals surface area contributed by atoms with Crippen LogP contribution in [-0.4, -0.2) is 31.1 Å². The van der Waals surface area contributed by atoms with Crippen LogP contribution in [0.1, 0.15) is 32.6 Å². The van der Waals surface area contributed by atoms with Gasteiger partial charge in [-0.3, -0.25) is 4.99 Å². The first-order valence-electron chi connectivity index (χ1n) is 5.34. The van der Waals surface area contributed by atoms with Gasteiger partial charge < -0.3 is 11.1 Å². The fourth-order valence-corrected chi connectivity index (χ4v) is 1.64. The van der Waals surface area contributed by atoms with Gasteiger partial charge in [-0.05, 0) is 31.8 Å². The molecule has 4 heteroatoms. The second-order valence-electron chi connectivity index (χ2n) is 3.20. The molecule has 0 spiro atoms. The molecule has 0 rings (SSSR count). The summed E-state index contributed by atoms with van der Waals surface area (Å²) in [4.78, 5) is 4.21. The number of aliphatic imine (C=N–C) groups is 1. The number of nitrogens with zero attached hydrogens (tertiary/aromatic N) is 1. The lowest BCUT2D eigenvalue weighted by Crippen LogP contribution is -2.31. The number of hydrogen-bond acceptors (Lipinski definition) is 2. The van der Waals surface area contributed by atoms with Crippen LogP contribution in [0.2, 0.25) is 0 Å². The number of guanidine groups is 1. The first-order valence-corrected chi connectivity index (χ1v) is 6.73. The highest BCUT2D eigenvalue weighted by atomic mass is 32.2. The average molecular weight is 217 g/mol. The third-order valence-corrected chi connectivity index (χ3v) is 2.59. The van der Waals surface area contributed by atoms with E-state index in [0.29, 0.717) is 5.96 Å². The highest BCUT2D eigenvalue weighted by Crippen LogP contribution is 2.04. The molecular formula is C10H23N3S. The highest BCUT2D eigenvalue weighted by Gasteiger charge is 1.90. The molecule has 3 nitrogen and oxygen atoms in total. The summed E-state index contributed by atoms with van der Waals surface area (Å²) < 4.78 is 0. The second kappa shape index (κ2) is 10.7. The van der Waals surface area contributed by atoms with Crippen molar-refractivity contribution in [2.45, 2.75) is 32.6 Å². The summed E-state index contributed by atoms with van der Waals surface area (Å²) in [6.45, 7) is 3.73. The van der Waals surface area contributed by atoms with Crippen molar-refractivity contribution < 1.29 is 0 Å². The highest BCUT2D eigenvalue weighted by molar-refractivity contribution is 7.98. The van der Waals surface area contributed by atoms with Crippen LogP contribution in [0.25, 0.3) is 0 Å². The minimum absolute atomic E-state index is 0.580. The van der Waals surface area contributed by atoms with E-state index in [0.717, 1.165) is 19.5 Å². The van der Waals surface area contributed by atoms with Gasteiger partial charge in [0.05, 0.1) is 0 Å². The lowest BCUT2D eigenvalue weighted by molar-refractivity contribution is 0.677. The van der Waals surface area contributed by atoms with Crippen LogP contribution in [0.3, 0.4) is 0 Å². The Bertz CT molecular complexity index is 148. The summed E-state index contributed by atoms with van der Waals surface area (Å²) in [7, 11) is 0. The van der Waals surface area contributed by atoms with E-state index in [1.54, 1.807) is 0 Å². The van der Waals surface area contributed by atoms with Crippen LogP contribution in [0.5, 0.6) is 0 Å². The Balaban J connectivity index is 3.15. The van der Waals surface area contributed by atoms with Crippen molar-refractivity contribution in [3.8, 4) is 0 Å². The molecule has 0 radical (unpaired) electrons. The molecule has 0 aromatic carbocycles. The van der Waals surface area contributed by atoms with Crippen molar-refractivity contribution >= 4 is 17.7 Å². The van der Waals surface area contributed by atoms with Gasteiger partial charge in [-0.1, -0.05) is 12.8 Å². The van der Waals surface area contributed by atoms with Gasteiger partial charge in [-0.2, -0.15) is 11.8 Å². The van der Waals surface area contributed by atoms with Crippen molar-refractivity contribution in [3.05, 3.63) is 0 Å². The van der Waals surface area contributed by atoms with Gasteiger partial charge in [-0.25, -0.2) is 0 Å². The number of unbranched alkanes of at least 4 members (excludes halogenated alkanes) is 3. The third-order valence-electron chi connectivity index (χ3n) is 1.90. The molecule has 14 heavy (non-hydrogen) atoms. The Morgan fingerprint density at radius 1 is 1.29 bits per heavy atom. The largest absolute Gasteiger partial charge is 0.370 e. The summed E-state index contributed by atoms with van der Waals surface area (Å²) in [6, 6.07) is 0. The van der Waals surface area contributed by atoms with Gasteiger partial charge in [0, 0.05) is 13.1 Å². The zero-order chi connectivity index (χ0) is 10.6. The standard InChI is InChI=1S/C10H23N3S/c1-3-12-10(11)13-8-6-4-5-7-9-14-2/h3-9H2,1-2H3,(H3,11,12,13). The van der Waals surface area contributed by atoms with E-state index in [-0.39, 0.29) is 0 Å². The van der Waals surface area contributed by atoms with Gasteiger partial charge in [-0.15, -0.1) is 0 Å². The Morgan fingerprint density at radius 3 is 2.64 bits per heavy atom. The zero-order valence-electron chi connectivity index (χ0n) is 9.38. The summed E-state index contributed by atoms with van der Waals surface area (Å²) in [5, 5.41) is 2.98. The van der Waals surface area contributed by atoms with Crippen molar-refractivity contribution in [2.24, 2.45) is 10.7 Å². The van der Waals surface area contributed by atoms with E-state index >= 15 is 0 Å². The van der Waals surface area contributed by atoms with Gasteiger partial charge in [0.15, 0.2) is 5.96 Å². The van der Waals surface area contributed by atoms with Gasteiger partial charge in [0.1, 0.15) is 0 Å². The predicted octanol–water partition coefficient (Wildman–Crippen LogP) is 1.83. The minimum Gasteiger partial charge on any atom is -0.370 e. The number of rotatable bonds is 8. The van der Waals surface area contributed by atoms with Crippen LogP contribution in [0.15, 0.2) is 4.99 Å². The quantitative estimate of drug-likeness (QED) is 0.370. The molecular weight excluding hydrogens is 194 g/mol. The van der Waals surface area contributed by atoms with Crippen LogP contribution >= 0.6 is 11.8 Å². The van der Waals surface area contributed by atoms with Crippen molar-refractivity contribution in [1.29, 1.82) is 0 Å². The van der Waals surface area contributed by atoms with Gasteiger partial charge in [0.2, 0.25) is 0 Å². The summed E-state index contributed by atoms with van der Waals surface area (Å²) in [5.41, 5.74) is 5.58. The molecule has 0 aliphatic heterocycles. The topological polar surface area (TPSA) is 50.4 Å². The minimum atomic E-state index is 0.580. The maximum absolute atomic E-state index is 5.58. The number of hydrogen-bond donors (Lipinski definition) is 2. The summed E-state index contributed by atoms with van der Waals surface area (Å²) in [6.07, 6.45) is 7.22. The fraction of sp³-hybridized carbons (Fsp3) is 0.900. The Kier molecular flexibility index (Phi) is 10.4. The van der Waals surface area contributed by atoms with E-state index < -0.39 is 0 Å². The SMILES string of the molecule is CCNC(N)=NCCCCCCSC. The second-order valence-corrected chi connectivity index (χ2v) is 4.19. The average Bonchev–Trinajstić information content (AvgIpc) is 2.17. The van der Waals surface area contributed by atoms with E-state index in [1.165, 1.54) is 25.0 Å². The lowest BCUT2D eigenvalue weighted by atomic mass is 10.2. The molecule has 0 unspecified atom stereocenters. The van der Waals surface area contributed by atoms with Crippen LogP contribution in [0.4, 0.5) is 0 Å². The third kappa shape index (κ3) is 9.71. The predicted molar refractivity (Wildman–Crippen MR) is 67.0 cm³/mol. The van der Waals surface area contributed by atoms with E-state index in [2.05, 4.69) is 16.6 Å². The van der Waals surface area contributed by atoms with Crippen molar-refractivity contribution in [1.82, 2.24) is 5.32 Å². The first-order chi connectivity index (χ1) is 6.81. The summed E-state index contributed by atoms with van der Waals surface area (Å²) >= 11 is 1.92. The molecule has 3 N–H and O–H groups in total. The lowest BCUT2D eigenvalue weighted by Gasteiger charge is -2.01. The van der Waals surface area contributed by atoms with Crippen molar-refractivity contribution in [3.63, 3.8) is 0 Å². The van der Waals surface area contributed by atoms with Gasteiger partial charge in [0.25, 0.3) is 0 Å². The monoisotopic (exact) mass is 217 g/mol. The zero-order valence-corrected chi connectivity index (χ0v) is 10.2. The molecule has 0 saturated heterocycles.